The SMILES string of the molecule is CC(C)(CNC(=O)C1C2CCC(C2)C1N)c1cccc(F)c1. The number of rotatable bonds is 4. The molecule has 0 saturated heterocycles. The fourth-order valence-corrected chi connectivity index (χ4v) is 4.16. The van der Waals surface area contributed by atoms with Crippen LogP contribution < -0.4 is 11.1 Å². The van der Waals surface area contributed by atoms with Gasteiger partial charge in [-0.1, -0.05) is 26.0 Å². The number of halogens is 1. The summed E-state index contributed by atoms with van der Waals surface area (Å²) >= 11 is 0. The maximum absolute atomic E-state index is 13.4. The minimum Gasteiger partial charge on any atom is -0.355 e. The van der Waals surface area contributed by atoms with Gasteiger partial charge in [0.1, 0.15) is 5.82 Å². The van der Waals surface area contributed by atoms with Crippen LogP contribution in [0.2, 0.25) is 0 Å². The lowest BCUT2D eigenvalue weighted by Crippen LogP contribution is -2.47. The molecule has 1 amide bonds. The average molecular weight is 304 g/mol. The van der Waals surface area contributed by atoms with Crippen LogP contribution in [0.4, 0.5) is 4.39 Å². The first-order chi connectivity index (χ1) is 10.4. The summed E-state index contributed by atoms with van der Waals surface area (Å²) < 4.78 is 13.4. The fourth-order valence-electron chi connectivity index (χ4n) is 4.16. The Morgan fingerprint density at radius 3 is 2.73 bits per heavy atom. The zero-order chi connectivity index (χ0) is 15.9. The Bertz CT molecular complexity index is 570. The summed E-state index contributed by atoms with van der Waals surface area (Å²) in [6.45, 7) is 4.53. The van der Waals surface area contributed by atoms with Gasteiger partial charge in [0.25, 0.3) is 0 Å². The summed E-state index contributed by atoms with van der Waals surface area (Å²) in [7, 11) is 0. The molecule has 2 fully saturated rings. The zero-order valence-corrected chi connectivity index (χ0v) is 13.3. The number of hydrogen-bond acceptors (Lipinski definition) is 2. The largest absolute Gasteiger partial charge is 0.355 e. The van der Waals surface area contributed by atoms with E-state index in [9.17, 15) is 9.18 Å². The lowest BCUT2D eigenvalue weighted by atomic mass is 9.82. The van der Waals surface area contributed by atoms with Gasteiger partial charge in [0.05, 0.1) is 5.92 Å². The summed E-state index contributed by atoms with van der Waals surface area (Å²) in [6, 6.07) is 6.59. The van der Waals surface area contributed by atoms with Crippen molar-refractivity contribution in [1.82, 2.24) is 5.32 Å². The van der Waals surface area contributed by atoms with Crippen molar-refractivity contribution >= 4 is 5.91 Å². The Morgan fingerprint density at radius 2 is 2.09 bits per heavy atom. The maximum atomic E-state index is 13.4. The van der Waals surface area contributed by atoms with Gasteiger partial charge in [-0.2, -0.15) is 0 Å². The van der Waals surface area contributed by atoms with Crippen molar-refractivity contribution in [2.75, 3.05) is 6.54 Å². The topological polar surface area (TPSA) is 55.1 Å². The number of amides is 1. The quantitative estimate of drug-likeness (QED) is 0.898. The van der Waals surface area contributed by atoms with Crippen LogP contribution in [0, 0.1) is 23.6 Å². The van der Waals surface area contributed by atoms with Crippen LogP contribution in [0.3, 0.4) is 0 Å². The number of benzene rings is 1. The van der Waals surface area contributed by atoms with Crippen molar-refractivity contribution in [1.29, 1.82) is 0 Å². The van der Waals surface area contributed by atoms with Crippen LogP contribution in [0.25, 0.3) is 0 Å². The average Bonchev–Trinajstić information content (AvgIpc) is 3.06. The Balaban J connectivity index is 1.63. The van der Waals surface area contributed by atoms with Gasteiger partial charge in [-0.05, 0) is 48.8 Å². The van der Waals surface area contributed by atoms with Crippen LogP contribution in [0.1, 0.15) is 38.7 Å². The van der Waals surface area contributed by atoms with Crippen LogP contribution in [-0.2, 0) is 10.2 Å². The lowest BCUT2D eigenvalue weighted by Gasteiger charge is -2.30. The predicted molar refractivity (Wildman–Crippen MR) is 84.7 cm³/mol. The number of carbonyl (C=O) groups is 1. The van der Waals surface area contributed by atoms with Gasteiger partial charge in [0, 0.05) is 18.0 Å². The molecule has 1 aromatic carbocycles. The van der Waals surface area contributed by atoms with Gasteiger partial charge >= 0.3 is 0 Å². The second-order valence-electron chi connectivity index (χ2n) is 7.55. The molecule has 0 aromatic heterocycles. The third-order valence-electron chi connectivity index (χ3n) is 5.59. The smallest absolute Gasteiger partial charge is 0.224 e. The number of fused-ring (bicyclic) bond motifs is 2. The molecule has 2 bridgehead atoms. The molecule has 0 radical (unpaired) electrons. The first kappa shape index (κ1) is 15.5. The standard InChI is InChI=1S/C18H25FN2O/c1-18(2,13-4-3-5-14(19)9-13)10-21-17(22)15-11-6-7-12(8-11)16(15)20/h3-5,9,11-12,15-16H,6-8,10,20H2,1-2H3,(H,21,22). The molecule has 22 heavy (non-hydrogen) atoms. The van der Waals surface area contributed by atoms with E-state index in [1.165, 1.54) is 18.6 Å². The van der Waals surface area contributed by atoms with E-state index in [2.05, 4.69) is 5.32 Å². The lowest BCUT2D eigenvalue weighted by molar-refractivity contribution is -0.127. The molecule has 3 N–H and O–H groups in total. The second-order valence-corrected chi connectivity index (χ2v) is 7.55. The minimum atomic E-state index is -0.306. The highest BCUT2D eigenvalue weighted by molar-refractivity contribution is 5.80. The highest BCUT2D eigenvalue weighted by Gasteiger charge is 2.49. The molecule has 3 rings (SSSR count). The molecule has 0 aliphatic heterocycles. The molecule has 0 heterocycles. The van der Waals surface area contributed by atoms with Crippen LogP contribution >= 0.6 is 0 Å². The van der Waals surface area contributed by atoms with Crippen molar-refractivity contribution in [2.45, 2.75) is 44.6 Å². The first-order valence-electron chi connectivity index (χ1n) is 8.18. The molecule has 4 unspecified atom stereocenters. The third-order valence-corrected chi connectivity index (χ3v) is 5.59. The van der Waals surface area contributed by atoms with Crippen molar-refractivity contribution in [2.24, 2.45) is 23.5 Å². The molecule has 2 aliphatic rings. The normalized spacial score (nSPS) is 30.5. The van der Waals surface area contributed by atoms with E-state index in [-0.39, 0.29) is 29.1 Å². The van der Waals surface area contributed by atoms with Gasteiger partial charge in [-0.15, -0.1) is 0 Å². The molecule has 2 aliphatic carbocycles. The van der Waals surface area contributed by atoms with E-state index in [1.54, 1.807) is 6.07 Å². The van der Waals surface area contributed by atoms with Gasteiger partial charge < -0.3 is 11.1 Å². The summed E-state index contributed by atoms with van der Waals surface area (Å²) in [5.41, 5.74) is 6.81. The van der Waals surface area contributed by atoms with E-state index in [4.69, 9.17) is 5.73 Å². The van der Waals surface area contributed by atoms with E-state index < -0.39 is 0 Å². The van der Waals surface area contributed by atoms with Crippen LogP contribution in [-0.4, -0.2) is 18.5 Å². The summed E-state index contributed by atoms with van der Waals surface area (Å²) in [6.07, 6.45) is 3.40. The first-order valence-corrected chi connectivity index (χ1v) is 8.18. The van der Waals surface area contributed by atoms with E-state index in [1.807, 2.05) is 19.9 Å². The van der Waals surface area contributed by atoms with Gasteiger partial charge in [-0.3, -0.25) is 4.79 Å². The monoisotopic (exact) mass is 304 g/mol. The van der Waals surface area contributed by atoms with Crippen LogP contribution in [0.5, 0.6) is 0 Å². The molecule has 1 aromatic rings. The van der Waals surface area contributed by atoms with E-state index >= 15 is 0 Å². The molecule has 3 nitrogen and oxygen atoms in total. The Morgan fingerprint density at radius 1 is 1.36 bits per heavy atom. The number of nitrogens with one attached hydrogen (secondary N) is 1. The summed E-state index contributed by atoms with van der Waals surface area (Å²) in [5, 5.41) is 3.06. The Labute approximate surface area is 131 Å². The highest BCUT2D eigenvalue weighted by atomic mass is 19.1. The summed E-state index contributed by atoms with van der Waals surface area (Å²) in [4.78, 5) is 12.5. The minimum absolute atomic E-state index is 0.0102. The number of carbonyl (C=O) groups excluding carboxylic acids is 1. The molecule has 0 spiro atoms. The Hall–Kier alpha value is -1.42. The summed E-state index contributed by atoms with van der Waals surface area (Å²) in [5.74, 6) is 0.771. The molecular formula is C18H25FN2O. The molecular weight excluding hydrogens is 279 g/mol. The van der Waals surface area contributed by atoms with Crippen molar-refractivity contribution in [3.8, 4) is 0 Å². The third kappa shape index (κ3) is 2.76. The Kier molecular flexibility index (Phi) is 3.98. The molecule has 2 saturated carbocycles. The van der Waals surface area contributed by atoms with Gasteiger partial charge in [-0.25, -0.2) is 4.39 Å². The van der Waals surface area contributed by atoms with Crippen molar-refractivity contribution in [3.63, 3.8) is 0 Å². The zero-order valence-electron chi connectivity index (χ0n) is 13.3. The van der Waals surface area contributed by atoms with E-state index in [0.29, 0.717) is 18.4 Å². The number of nitrogens with two attached hydrogens (primary N) is 1. The van der Waals surface area contributed by atoms with Crippen molar-refractivity contribution in [3.05, 3.63) is 35.6 Å². The fraction of sp³-hybridized carbons (Fsp3) is 0.611. The van der Waals surface area contributed by atoms with Gasteiger partial charge in [0.2, 0.25) is 5.91 Å². The highest BCUT2D eigenvalue weighted by Crippen LogP contribution is 2.47. The van der Waals surface area contributed by atoms with Gasteiger partial charge in [0.15, 0.2) is 0 Å². The number of hydrogen-bond donors (Lipinski definition) is 2. The second kappa shape index (κ2) is 5.65. The van der Waals surface area contributed by atoms with E-state index in [0.717, 1.165) is 18.4 Å². The predicted octanol–water partition coefficient (Wildman–Crippen LogP) is 2.59. The van der Waals surface area contributed by atoms with Crippen LogP contribution in [0.15, 0.2) is 24.3 Å². The molecule has 4 atom stereocenters. The van der Waals surface area contributed by atoms with Crippen molar-refractivity contribution < 1.29 is 9.18 Å². The maximum Gasteiger partial charge on any atom is 0.224 e. The molecule has 4 heteroatoms. The molecule has 120 valence electrons.